The summed E-state index contributed by atoms with van der Waals surface area (Å²) in [6.07, 6.45) is 0.181. The Kier molecular flexibility index (Phi) is 6.52. The molecule has 1 aliphatic rings. The molecule has 3 aromatic carbocycles. The lowest BCUT2D eigenvalue weighted by molar-refractivity contribution is -0.140. The maximum Gasteiger partial charge on any atom is 0.412 e. The molecule has 0 spiro atoms. The number of carboxylic acid groups (broad SMARTS) is 1. The van der Waals surface area contributed by atoms with Gasteiger partial charge in [-0.25, -0.2) is 9.18 Å². The standard InChI is InChI=1S/C29H25FN2O4S/c1-17-25(31-28(35)36-18(2)19-6-4-3-5-7-19)26(37-32-17)21-10-13-23(24(30)16-21)20-8-11-22(12-9-20)29(14-15-29)27(33)34/h3-13,16,18H,14-15H2,1-2H3,(H,31,35)(H,33,34)/t18-/m1/s1. The predicted molar refractivity (Wildman–Crippen MR) is 141 cm³/mol. The van der Waals surface area contributed by atoms with Crippen molar-refractivity contribution < 1.29 is 23.8 Å². The van der Waals surface area contributed by atoms with Gasteiger partial charge in [0.2, 0.25) is 0 Å². The van der Waals surface area contributed by atoms with E-state index in [0.29, 0.717) is 45.8 Å². The lowest BCUT2D eigenvalue weighted by Gasteiger charge is -2.15. The molecule has 0 saturated heterocycles. The third-order valence-corrected chi connectivity index (χ3v) is 7.77. The highest BCUT2D eigenvalue weighted by Gasteiger charge is 2.51. The Morgan fingerprint density at radius 2 is 1.73 bits per heavy atom. The highest BCUT2D eigenvalue weighted by atomic mass is 32.1. The molecule has 5 rings (SSSR count). The van der Waals surface area contributed by atoms with Crippen molar-refractivity contribution in [1.29, 1.82) is 0 Å². The minimum Gasteiger partial charge on any atom is -0.481 e. The number of halogens is 1. The van der Waals surface area contributed by atoms with Crippen LogP contribution in [0.25, 0.3) is 21.6 Å². The molecule has 6 nitrogen and oxygen atoms in total. The number of aliphatic carboxylic acids is 1. The molecule has 1 heterocycles. The van der Waals surface area contributed by atoms with Crippen LogP contribution in [0.15, 0.2) is 72.8 Å². The number of carbonyl (C=O) groups is 2. The van der Waals surface area contributed by atoms with Crippen molar-refractivity contribution in [2.45, 2.75) is 38.2 Å². The zero-order valence-electron chi connectivity index (χ0n) is 20.3. The van der Waals surface area contributed by atoms with Gasteiger partial charge in [0.1, 0.15) is 11.9 Å². The van der Waals surface area contributed by atoms with Crippen LogP contribution < -0.4 is 5.32 Å². The van der Waals surface area contributed by atoms with Crippen molar-refractivity contribution in [2.24, 2.45) is 0 Å². The second-order valence-electron chi connectivity index (χ2n) is 9.21. The van der Waals surface area contributed by atoms with Crippen LogP contribution >= 0.6 is 11.5 Å². The molecule has 0 radical (unpaired) electrons. The Morgan fingerprint density at radius 1 is 1.05 bits per heavy atom. The van der Waals surface area contributed by atoms with Gasteiger partial charge in [0.25, 0.3) is 0 Å². The van der Waals surface area contributed by atoms with E-state index >= 15 is 4.39 Å². The lowest BCUT2D eigenvalue weighted by Crippen LogP contribution is -2.19. The highest BCUT2D eigenvalue weighted by molar-refractivity contribution is 7.10. The Balaban J connectivity index is 1.34. The highest BCUT2D eigenvalue weighted by Crippen LogP contribution is 2.48. The first-order valence-electron chi connectivity index (χ1n) is 11.9. The van der Waals surface area contributed by atoms with Crippen LogP contribution in [0, 0.1) is 12.7 Å². The molecule has 188 valence electrons. The number of anilines is 1. The first-order valence-corrected chi connectivity index (χ1v) is 12.7. The molecule has 0 aliphatic heterocycles. The molecule has 37 heavy (non-hydrogen) atoms. The summed E-state index contributed by atoms with van der Waals surface area (Å²) in [5, 5.41) is 12.3. The van der Waals surface area contributed by atoms with Crippen LogP contribution in [0.1, 0.15) is 42.7 Å². The topological polar surface area (TPSA) is 88.5 Å². The number of nitrogens with zero attached hydrogens (tertiary/aromatic N) is 1. The van der Waals surface area contributed by atoms with Gasteiger partial charge < -0.3 is 9.84 Å². The molecule has 0 unspecified atom stereocenters. The average Bonchev–Trinajstić information content (AvgIpc) is 3.64. The largest absolute Gasteiger partial charge is 0.481 e. The number of carbonyl (C=O) groups excluding carboxylic acids is 1. The zero-order chi connectivity index (χ0) is 26.2. The average molecular weight is 517 g/mol. The molecule has 2 N–H and O–H groups in total. The third-order valence-electron chi connectivity index (χ3n) is 6.78. The maximum atomic E-state index is 15.2. The fourth-order valence-corrected chi connectivity index (χ4v) is 5.25. The minimum absolute atomic E-state index is 0.405. The Morgan fingerprint density at radius 3 is 2.35 bits per heavy atom. The van der Waals surface area contributed by atoms with E-state index in [1.165, 1.54) is 17.6 Å². The van der Waals surface area contributed by atoms with Crippen molar-refractivity contribution >= 4 is 29.3 Å². The molecular formula is C29H25FN2O4S. The van der Waals surface area contributed by atoms with Crippen molar-refractivity contribution in [3.05, 3.63) is 95.4 Å². The molecule has 1 fully saturated rings. The van der Waals surface area contributed by atoms with E-state index in [0.717, 1.165) is 11.1 Å². The summed E-state index contributed by atoms with van der Waals surface area (Å²) < 4.78 is 25.1. The van der Waals surface area contributed by atoms with Crippen LogP contribution in [-0.4, -0.2) is 21.5 Å². The van der Waals surface area contributed by atoms with E-state index < -0.39 is 29.4 Å². The van der Waals surface area contributed by atoms with Crippen LogP contribution in [0.2, 0.25) is 0 Å². The summed E-state index contributed by atoms with van der Waals surface area (Å²) in [5.41, 5.74) is 3.55. The number of ether oxygens (including phenoxy) is 1. The van der Waals surface area contributed by atoms with Crippen molar-refractivity contribution in [3.8, 4) is 21.6 Å². The van der Waals surface area contributed by atoms with Gasteiger partial charge in [0.05, 0.1) is 21.7 Å². The SMILES string of the molecule is Cc1nsc(-c2ccc(-c3ccc(C4(C(=O)O)CC4)cc3)c(F)c2)c1NC(=O)O[C@H](C)c1ccccc1. The Labute approximate surface area is 217 Å². The maximum absolute atomic E-state index is 15.2. The van der Waals surface area contributed by atoms with E-state index in [1.54, 1.807) is 50.2 Å². The molecule has 1 amide bonds. The number of nitrogens with one attached hydrogen (secondary N) is 1. The number of benzene rings is 3. The van der Waals surface area contributed by atoms with Gasteiger partial charge in [-0.15, -0.1) is 0 Å². The van der Waals surface area contributed by atoms with E-state index in [1.807, 2.05) is 30.3 Å². The van der Waals surface area contributed by atoms with Gasteiger partial charge in [-0.2, -0.15) is 4.37 Å². The monoisotopic (exact) mass is 516 g/mol. The molecule has 0 bridgehead atoms. The zero-order valence-corrected chi connectivity index (χ0v) is 21.1. The van der Waals surface area contributed by atoms with E-state index in [4.69, 9.17) is 4.74 Å². The van der Waals surface area contributed by atoms with Gasteiger partial charge in [0, 0.05) is 5.56 Å². The van der Waals surface area contributed by atoms with Crippen LogP contribution in [0.5, 0.6) is 0 Å². The number of rotatable bonds is 7. The summed E-state index contributed by atoms with van der Waals surface area (Å²) in [5.74, 6) is -1.25. The van der Waals surface area contributed by atoms with Gasteiger partial charge in [0.15, 0.2) is 0 Å². The molecular weight excluding hydrogens is 491 g/mol. The molecule has 1 aromatic heterocycles. The quantitative estimate of drug-likeness (QED) is 0.268. The smallest absolute Gasteiger partial charge is 0.412 e. The number of hydrogen-bond acceptors (Lipinski definition) is 5. The number of carboxylic acids is 1. The fourth-order valence-electron chi connectivity index (χ4n) is 4.41. The summed E-state index contributed by atoms with van der Waals surface area (Å²) in [7, 11) is 0. The normalized spacial score (nSPS) is 14.6. The minimum atomic E-state index is -0.821. The van der Waals surface area contributed by atoms with Crippen LogP contribution in [0.4, 0.5) is 14.9 Å². The lowest BCUT2D eigenvalue weighted by atomic mass is 9.93. The first kappa shape index (κ1) is 24.6. The van der Waals surface area contributed by atoms with Crippen LogP contribution in [-0.2, 0) is 14.9 Å². The molecule has 1 aliphatic carbocycles. The van der Waals surface area contributed by atoms with Crippen molar-refractivity contribution in [2.75, 3.05) is 5.32 Å². The molecule has 1 atom stereocenters. The van der Waals surface area contributed by atoms with Gasteiger partial charge >= 0.3 is 12.1 Å². The van der Waals surface area contributed by atoms with Gasteiger partial charge in [-0.1, -0.05) is 66.7 Å². The number of aryl methyl sites for hydroxylation is 1. The van der Waals surface area contributed by atoms with Crippen molar-refractivity contribution in [3.63, 3.8) is 0 Å². The molecule has 4 aromatic rings. The van der Waals surface area contributed by atoms with E-state index in [9.17, 15) is 14.7 Å². The summed E-state index contributed by atoms with van der Waals surface area (Å²) in [6.45, 7) is 3.56. The number of aromatic nitrogens is 1. The number of hydrogen-bond donors (Lipinski definition) is 2. The second kappa shape index (κ2) is 9.78. The second-order valence-corrected chi connectivity index (χ2v) is 9.99. The summed E-state index contributed by atoms with van der Waals surface area (Å²) >= 11 is 1.17. The van der Waals surface area contributed by atoms with E-state index in [-0.39, 0.29) is 0 Å². The third kappa shape index (κ3) is 4.84. The van der Waals surface area contributed by atoms with Crippen LogP contribution in [0.3, 0.4) is 0 Å². The molecule has 8 heteroatoms. The summed E-state index contributed by atoms with van der Waals surface area (Å²) in [4.78, 5) is 24.8. The number of amides is 1. The Hall–Kier alpha value is -4.04. The van der Waals surface area contributed by atoms with Gasteiger partial charge in [-0.3, -0.25) is 10.1 Å². The Bertz CT molecular complexity index is 1460. The molecule has 1 saturated carbocycles. The summed E-state index contributed by atoms with van der Waals surface area (Å²) in [6, 6.07) is 21.3. The van der Waals surface area contributed by atoms with Crippen molar-refractivity contribution in [1.82, 2.24) is 4.37 Å². The fraction of sp³-hybridized carbons (Fsp3) is 0.207. The van der Waals surface area contributed by atoms with E-state index in [2.05, 4.69) is 9.69 Å². The predicted octanol–water partition coefficient (Wildman–Crippen LogP) is 7.35. The van der Waals surface area contributed by atoms with Gasteiger partial charge in [-0.05, 0) is 66.5 Å². The first-order chi connectivity index (χ1) is 17.8.